The normalized spacial score (nSPS) is 11.5. The minimum atomic E-state index is -4.20. The van der Waals surface area contributed by atoms with E-state index in [0.29, 0.717) is 13.0 Å². The molecule has 0 bridgehead atoms. The molecule has 0 saturated heterocycles. The lowest BCUT2D eigenvalue weighted by Gasteiger charge is -2.17. The number of amides is 1. The predicted molar refractivity (Wildman–Crippen MR) is 51.2 cm³/mol. The van der Waals surface area contributed by atoms with Crippen molar-refractivity contribution >= 4 is 5.91 Å². The Morgan fingerprint density at radius 3 is 2.40 bits per heavy atom. The summed E-state index contributed by atoms with van der Waals surface area (Å²) in [5, 5.41) is 0. The van der Waals surface area contributed by atoms with Crippen LogP contribution in [0.5, 0.6) is 0 Å². The molecule has 0 heterocycles. The molecule has 0 aliphatic carbocycles. The summed E-state index contributed by atoms with van der Waals surface area (Å²) in [4.78, 5) is 12.4. The van der Waals surface area contributed by atoms with Gasteiger partial charge in [0, 0.05) is 20.0 Å². The Bertz CT molecular complexity index is 194. The number of unbranched alkanes of at least 4 members (excludes halogenated alkanes) is 1. The number of carbonyl (C=O) groups excluding carboxylic acids is 1. The summed E-state index contributed by atoms with van der Waals surface area (Å²) in [6, 6.07) is 0. The van der Waals surface area contributed by atoms with Crippen molar-refractivity contribution in [3.05, 3.63) is 0 Å². The van der Waals surface area contributed by atoms with Gasteiger partial charge in [-0.1, -0.05) is 0 Å². The fourth-order valence-corrected chi connectivity index (χ4v) is 1.03. The molecule has 0 spiro atoms. The van der Waals surface area contributed by atoms with Crippen LogP contribution in [0, 0.1) is 0 Å². The Kier molecular flexibility index (Phi) is 6.31. The van der Waals surface area contributed by atoms with E-state index in [1.54, 1.807) is 0 Å². The fraction of sp³-hybridized carbons (Fsp3) is 0.889. The summed E-state index contributed by atoms with van der Waals surface area (Å²) in [5.74, 6) is -0.257. The fourth-order valence-electron chi connectivity index (χ4n) is 1.03. The molecule has 0 aliphatic rings. The molecule has 0 aromatic rings. The highest BCUT2D eigenvalue weighted by Crippen LogP contribution is 2.19. The number of halogens is 3. The van der Waals surface area contributed by atoms with Gasteiger partial charge in [-0.3, -0.25) is 4.79 Å². The van der Waals surface area contributed by atoms with Gasteiger partial charge >= 0.3 is 6.18 Å². The van der Waals surface area contributed by atoms with Crippen LogP contribution in [0.4, 0.5) is 13.2 Å². The standard InChI is InChI=1S/C9H17F3N2O/c1-14(7-5-9(10,11)12)8(15)4-2-3-6-13/h2-7,13H2,1H3. The van der Waals surface area contributed by atoms with E-state index >= 15 is 0 Å². The Morgan fingerprint density at radius 2 is 1.93 bits per heavy atom. The first-order chi connectivity index (χ1) is 6.87. The number of carbonyl (C=O) groups is 1. The van der Waals surface area contributed by atoms with Gasteiger partial charge in [-0.15, -0.1) is 0 Å². The molecule has 2 N–H and O–H groups in total. The van der Waals surface area contributed by atoms with Gasteiger partial charge in [-0.05, 0) is 19.4 Å². The molecule has 0 radical (unpaired) electrons. The van der Waals surface area contributed by atoms with E-state index in [9.17, 15) is 18.0 Å². The van der Waals surface area contributed by atoms with Gasteiger partial charge in [0.05, 0.1) is 6.42 Å². The second kappa shape index (κ2) is 6.66. The maximum absolute atomic E-state index is 11.8. The summed E-state index contributed by atoms with van der Waals surface area (Å²) in [7, 11) is 1.39. The van der Waals surface area contributed by atoms with Gasteiger partial charge in [0.1, 0.15) is 0 Å². The van der Waals surface area contributed by atoms with Gasteiger partial charge in [-0.2, -0.15) is 13.2 Å². The number of alkyl halides is 3. The average molecular weight is 226 g/mol. The first-order valence-electron chi connectivity index (χ1n) is 4.87. The van der Waals surface area contributed by atoms with E-state index in [1.807, 2.05) is 0 Å². The molecule has 1 amide bonds. The van der Waals surface area contributed by atoms with E-state index in [4.69, 9.17) is 5.73 Å². The summed E-state index contributed by atoms with van der Waals surface area (Å²) < 4.78 is 35.5. The maximum Gasteiger partial charge on any atom is 0.390 e. The van der Waals surface area contributed by atoms with Crippen molar-refractivity contribution in [2.45, 2.75) is 31.9 Å². The Hall–Kier alpha value is -0.780. The van der Waals surface area contributed by atoms with Gasteiger partial charge < -0.3 is 10.6 Å². The number of nitrogens with two attached hydrogens (primary N) is 1. The lowest BCUT2D eigenvalue weighted by Crippen LogP contribution is -2.30. The van der Waals surface area contributed by atoms with E-state index in [1.165, 1.54) is 7.05 Å². The molecule has 0 fully saturated rings. The maximum atomic E-state index is 11.8. The summed E-state index contributed by atoms with van der Waals surface area (Å²) in [6.07, 6.45) is -3.53. The monoisotopic (exact) mass is 226 g/mol. The SMILES string of the molecule is CN(CCC(F)(F)F)C(=O)CCCCN. The summed E-state index contributed by atoms with van der Waals surface area (Å²) in [5.41, 5.74) is 5.23. The van der Waals surface area contributed by atoms with Crippen molar-refractivity contribution in [3.63, 3.8) is 0 Å². The zero-order chi connectivity index (χ0) is 11.9. The second-order valence-corrected chi connectivity index (χ2v) is 3.43. The van der Waals surface area contributed by atoms with Gasteiger partial charge in [0.2, 0.25) is 5.91 Å². The molecule has 6 heteroatoms. The lowest BCUT2D eigenvalue weighted by molar-refractivity contribution is -0.144. The average Bonchev–Trinajstić information content (AvgIpc) is 2.13. The van der Waals surface area contributed by atoms with E-state index < -0.39 is 12.6 Å². The van der Waals surface area contributed by atoms with Crippen LogP contribution >= 0.6 is 0 Å². The lowest BCUT2D eigenvalue weighted by atomic mass is 10.2. The van der Waals surface area contributed by atoms with Gasteiger partial charge in [0.25, 0.3) is 0 Å². The van der Waals surface area contributed by atoms with Crippen molar-refractivity contribution in [2.24, 2.45) is 5.73 Å². The van der Waals surface area contributed by atoms with Crippen LogP contribution in [0.15, 0.2) is 0 Å². The van der Waals surface area contributed by atoms with Crippen LogP contribution in [-0.2, 0) is 4.79 Å². The zero-order valence-electron chi connectivity index (χ0n) is 8.81. The molecule has 0 atom stereocenters. The topological polar surface area (TPSA) is 46.3 Å². The highest BCUT2D eigenvalue weighted by atomic mass is 19.4. The molecule has 3 nitrogen and oxygen atoms in total. The number of rotatable bonds is 6. The molecule has 0 saturated carbocycles. The van der Waals surface area contributed by atoms with Gasteiger partial charge in [0.15, 0.2) is 0 Å². The smallest absolute Gasteiger partial charge is 0.345 e. The Labute approximate surface area is 87.4 Å². The predicted octanol–water partition coefficient (Wildman–Crippen LogP) is 1.53. The van der Waals surface area contributed by atoms with Crippen LogP contribution in [0.25, 0.3) is 0 Å². The minimum absolute atomic E-state index is 0.257. The summed E-state index contributed by atoms with van der Waals surface area (Å²) >= 11 is 0. The van der Waals surface area contributed by atoms with E-state index in [-0.39, 0.29) is 18.9 Å². The zero-order valence-corrected chi connectivity index (χ0v) is 8.81. The highest BCUT2D eigenvalue weighted by molar-refractivity contribution is 5.75. The second-order valence-electron chi connectivity index (χ2n) is 3.43. The molecule has 0 aromatic carbocycles. The molecule has 0 unspecified atom stereocenters. The molecule has 0 rings (SSSR count). The Morgan fingerprint density at radius 1 is 1.33 bits per heavy atom. The van der Waals surface area contributed by atoms with E-state index in [2.05, 4.69) is 0 Å². The third kappa shape index (κ3) is 8.23. The Balaban J connectivity index is 3.70. The third-order valence-corrected chi connectivity index (χ3v) is 2.00. The van der Waals surface area contributed by atoms with E-state index in [0.717, 1.165) is 11.3 Å². The first-order valence-corrected chi connectivity index (χ1v) is 4.87. The molecule has 15 heavy (non-hydrogen) atoms. The van der Waals surface area contributed by atoms with Crippen molar-refractivity contribution in [1.29, 1.82) is 0 Å². The largest absolute Gasteiger partial charge is 0.390 e. The van der Waals surface area contributed by atoms with Crippen LogP contribution < -0.4 is 5.73 Å². The molecule has 90 valence electrons. The summed E-state index contributed by atoms with van der Waals surface area (Å²) in [6.45, 7) is 0.227. The first kappa shape index (κ1) is 14.2. The molecular weight excluding hydrogens is 209 g/mol. The number of nitrogens with zero attached hydrogens (tertiary/aromatic N) is 1. The van der Waals surface area contributed by atoms with Gasteiger partial charge in [-0.25, -0.2) is 0 Å². The molecule has 0 aromatic heterocycles. The van der Waals surface area contributed by atoms with Crippen molar-refractivity contribution in [1.82, 2.24) is 4.90 Å². The molecular formula is C9H17F3N2O. The minimum Gasteiger partial charge on any atom is -0.345 e. The quantitative estimate of drug-likeness (QED) is 0.698. The van der Waals surface area contributed by atoms with Crippen LogP contribution in [0.2, 0.25) is 0 Å². The number of hydrogen-bond acceptors (Lipinski definition) is 2. The highest BCUT2D eigenvalue weighted by Gasteiger charge is 2.27. The molecule has 0 aliphatic heterocycles. The van der Waals surface area contributed by atoms with Crippen LogP contribution in [0.3, 0.4) is 0 Å². The van der Waals surface area contributed by atoms with Crippen LogP contribution in [0.1, 0.15) is 25.7 Å². The van der Waals surface area contributed by atoms with Crippen molar-refractivity contribution in [2.75, 3.05) is 20.1 Å². The number of hydrogen-bond donors (Lipinski definition) is 1. The van der Waals surface area contributed by atoms with Crippen LogP contribution in [-0.4, -0.2) is 37.1 Å². The van der Waals surface area contributed by atoms with Crippen molar-refractivity contribution in [3.8, 4) is 0 Å². The van der Waals surface area contributed by atoms with Crippen molar-refractivity contribution < 1.29 is 18.0 Å². The third-order valence-electron chi connectivity index (χ3n) is 2.00.